The molecule has 3 rings (SSSR count). The van der Waals surface area contributed by atoms with Gasteiger partial charge in [-0.1, -0.05) is 0 Å². The van der Waals surface area contributed by atoms with Crippen molar-refractivity contribution in [2.45, 2.75) is 6.10 Å². The van der Waals surface area contributed by atoms with Crippen LogP contribution in [0.5, 0.6) is 0 Å². The molecule has 21 heavy (non-hydrogen) atoms. The summed E-state index contributed by atoms with van der Waals surface area (Å²) in [4.78, 5) is 0. The van der Waals surface area contributed by atoms with Gasteiger partial charge in [0.2, 0.25) is 0 Å². The van der Waals surface area contributed by atoms with Crippen LogP contribution in [0.3, 0.4) is 0 Å². The maximum absolute atomic E-state index is 10.7. The first kappa shape index (κ1) is 14.1. The molecule has 0 aliphatic carbocycles. The Balaban J connectivity index is 1.93. The summed E-state index contributed by atoms with van der Waals surface area (Å²) in [5, 5.41) is 10.7. The Bertz CT molecular complexity index is 695. The molecule has 0 aliphatic heterocycles. The molecule has 0 heterocycles. The average Bonchev–Trinajstić information content (AvgIpc) is 2.56. The van der Waals surface area contributed by atoms with Crippen LogP contribution < -0.4 is 8.92 Å². The van der Waals surface area contributed by atoms with Gasteiger partial charge in [0.15, 0.2) is 0 Å². The number of aliphatic hydroxyl groups excluding tert-OH is 1. The Morgan fingerprint density at radius 2 is 1.24 bits per heavy atom. The Labute approximate surface area is 131 Å². The van der Waals surface area contributed by atoms with Gasteiger partial charge in [-0.3, -0.25) is 0 Å². The zero-order chi connectivity index (χ0) is 14.5. The number of aliphatic hydroxyl groups is 1. The minimum atomic E-state index is -0.562. The van der Waals surface area contributed by atoms with Crippen LogP contribution in [-0.2, 0) is 0 Å². The molecular formula is C19H16OSe. The van der Waals surface area contributed by atoms with Crippen molar-refractivity contribution in [3.63, 3.8) is 0 Å². The second-order valence-electron chi connectivity index (χ2n) is 4.77. The fourth-order valence-corrected chi connectivity index (χ4v) is 4.31. The van der Waals surface area contributed by atoms with E-state index in [1.54, 1.807) is 0 Å². The molecule has 0 aliphatic rings. The van der Waals surface area contributed by atoms with E-state index in [0.29, 0.717) is 0 Å². The van der Waals surface area contributed by atoms with Gasteiger partial charge in [-0.15, -0.1) is 0 Å². The molecule has 3 aromatic rings. The molecular weight excluding hydrogens is 323 g/mol. The first-order chi connectivity index (χ1) is 10.3. The van der Waals surface area contributed by atoms with E-state index in [-0.39, 0.29) is 15.0 Å². The fraction of sp³-hybridized carbons (Fsp3) is 0.0526. The molecule has 0 fully saturated rings. The van der Waals surface area contributed by atoms with Crippen LogP contribution in [0.25, 0.3) is 0 Å². The van der Waals surface area contributed by atoms with Gasteiger partial charge in [0, 0.05) is 0 Å². The van der Waals surface area contributed by atoms with Crippen LogP contribution >= 0.6 is 0 Å². The second kappa shape index (κ2) is 6.73. The van der Waals surface area contributed by atoms with Crippen molar-refractivity contribution >= 4 is 23.9 Å². The van der Waals surface area contributed by atoms with Crippen LogP contribution in [0.2, 0.25) is 0 Å². The molecule has 0 amide bonds. The van der Waals surface area contributed by atoms with E-state index in [1.165, 1.54) is 8.92 Å². The van der Waals surface area contributed by atoms with Crippen molar-refractivity contribution in [1.82, 2.24) is 0 Å². The summed E-state index contributed by atoms with van der Waals surface area (Å²) in [6, 6.07) is 28.5. The van der Waals surface area contributed by atoms with Gasteiger partial charge < -0.3 is 0 Å². The normalized spacial score (nSPS) is 12.0. The van der Waals surface area contributed by atoms with Gasteiger partial charge in [0.05, 0.1) is 0 Å². The summed E-state index contributed by atoms with van der Waals surface area (Å²) in [7, 11) is 0. The summed E-state index contributed by atoms with van der Waals surface area (Å²) < 4.78 is 2.55. The number of hydrogen-bond acceptors (Lipinski definition) is 1. The van der Waals surface area contributed by atoms with Crippen molar-refractivity contribution in [3.05, 3.63) is 96.1 Å². The standard InChI is InChI=1S/C19H16OSe/c20-19(15-9-3-1-4-10-15)17-13-7-8-14-18(17)21-16-11-5-2-6-12-16/h1-14,19-20H. The van der Waals surface area contributed by atoms with Crippen LogP contribution in [0.4, 0.5) is 0 Å². The quantitative estimate of drug-likeness (QED) is 0.724. The zero-order valence-electron chi connectivity index (χ0n) is 11.5. The molecule has 0 saturated carbocycles. The third-order valence-corrected chi connectivity index (χ3v) is 5.61. The molecule has 1 N–H and O–H groups in total. The van der Waals surface area contributed by atoms with E-state index in [2.05, 4.69) is 30.3 Å². The van der Waals surface area contributed by atoms with Gasteiger partial charge in [-0.05, 0) is 0 Å². The van der Waals surface area contributed by atoms with Crippen molar-refractivity contribution < 1.29 is 5.11 Å². The number of hydrogen-bond donors (Lipinski definition) is 1. The molecule has 1 atom stereocenters. The Hall–Kier alpha value is -1.86. The molecule has 1 unspecified atom stereocenters. The van der Waals surface area contributed by atoms with Crippen molar-refractivity contribution in [1.29, 1.82) is 0 Å². The third-order valence-electron chi connectivity index (χ3n) is 3.30. The molecule has 0 saturated heterocycles. The van der Waals surface area contributed by atoms with Crippen molar-refractivity contribution in [2.75, 3.05) is 0 Å². The van der Waals surface area contributed by atoms with Gasteiger partial charge in [-0.2, -0.15) is 0 Å². The summed E-state index contributed by atoms with van der Waals surface area (Å²) in [6.07, 6.45) is -0.562. The van der Waals surface area contributed by atoms with Crippen LogP contribution in [0.1, 0.15) is 17.2 Å². The molecule has 0 spiro atoms. The summed E-state index contributed by atoms with van der Waals surface area (Å²) >= 11 is 0.202. The summed E-state index contributed by atoms with van der Waals surface area (Å²) in [5.41, 5.74) is 1.95. The van der Waals surface area contributed by atoms with E-state index >= 15 is 0 Å². The predicted octanol–water partition coefficient (Wildman–Crippen LogP) is 2.42. The third kappa shape index (κ3) is 3.43. The van der Waals surface area contributed by atoms with E-state index in [0.717, 1.165) is 11.1 Å². The number of benzene rings is 3. The molecule has 0 aromatic heterocycles. The van der Waals surface area contributed by atoms with Gasteiger partial charge in [0.25, 0.3) is 0 Å². The summed E-state index contributed by atoms with van der Waals surface area (Å²) in [6.45, 7) is 0. The van der Waals surface area contributed by atoms with Crippen LogP contribution in [0.15, 0.2) is 84.9 Å². The van der Waals surface area contributed by atoms with Gasteiger partial charge >= 0.3 is 131 Å². The topological polar surface area (TPSA) is 20.2 Å². The monoisotopic (exact) mass is 340 g/mol. The zero-order valence-corrected chi connectivity index (χ0v) is 13.2. The molecule has 1 nitrogen and oxygen atoms in total. The molecule has 0 bridgehead atoms. The number of rotatable bonds is 4. The Morgan fingerprint density at radius 3 is 1.95 bits per heavy atom. The maximum atomic E-state index is 10.7. The molecule has 0 radical (unpaired) electrons. The van der Waals surface area contributed by atoms with Crippen LogP contribution in [0, 0.1) is 0 Å². The Kier molecular flexibility index (Phi) is 4.52. The summed E-state index contributed by atoms with van der Waals surface area (Å²) in [5.74, 6) is 0. The molecule has 2 heteroatoms. The average molecular weight is 339 g/mol. The fourth-order valence-electron chi connectivity index (χ4n) is 2.23. The van der Waals surface area contributed by atoms with Gasteiger partial charge in [0.1, 0.15) is 0 Å². The SMILES string of the molecule is OC(c1ccccc1)c1ccccc1[Se]c1ccccc1. The van der Waals surface area contributed by atoms with E-state index in [4.69, 9.17) is 0 Å². The minimum absolute atomic E-state index is 0.202. The van der Waals surface area contributed by atoms with E-state index in [9.17, 15) is 5.11 Å². The molecule has 3 aromatic carbocycles. The van der Waals surface area contributed by atoms with E-state index in [1.807, 2.05) is 54.6 Å². The predicted molar refractivity (Wildman–Crippen MR) is 88.4 cm³/mol. The van der Waals surface area contributed by atoms with E-state index < -0.39 is 6.10 Å². The first-order valence-electron chi connectivity index (χ1n) is 6.89. The Morgan fingerprint density at radius 1 is 0.667 bits per heavy atom. The van der Waals surface area contributed by atoms with Crippen molar-refractivity contribution in [2.24, 2.45) is 0 Å². The van der Waals surface area contributed by atoms with Crippen molar-refractivity contribution in [3.8, 4) is 0 Å². The first-order valence-corrected chi connectivity index (χ1v) is 8.61. The van der Waals surface area contributed by atoms with Crippen LogP contribution in [-0.4, -0.2) is 20.1 Å². The molecule has 104 valence electrons. The second-order valence-corrected chi connectivity index (χ2v) is 7.11. The van der Waals surface area contributed by atoms with Gasteiger partial charge in [-0.25, -0.2) is 0 Å².